The molecule has 0 aromatic heterocycles. The fourth-order valence-corrected chi connectivity index (χ4v) is 3.56. The van der Waals surface area contributed by atoms with Crippen LogP contribution in [0.1, 0.15) is 36.5 Å². The zero-order chi connectivity index (χ0) is 13.3. The van der Waals surface area contributed by atoms with E-state index in [9.17, 15) is 4.39 Å². The molecule has 1 aliphatic carbocycles. The molecular formula is C16H20FNO. The number of nitrogens with one attached hydrogen (secondary N) is 1. The molecule has 1 fully saturated rings. The van der Waals surface area contributed by atoms with Gasteiger partial charge in [0, 0.05) is 5.41 Å². The van der Waals surface area contributed by atoms with Crippen molar-refractivity contribution in [3.05, 3.63) is 47.8 Å². The average Bonchev–Trinajstić information content (AvgIpc) is 2.71. The molecule has 0 amide bonds. The lowest BCUT2D eigenvalue weighted by Gasteiger charge is -2.35. The Morgan fingerprint density at radius 3 is 2.95 bits per heavy atom. The number of hydrogen-bond donors (Lipinski definition) is 1. The van der Waals surface area contributed by atoms with Gasteiger partial charge in [-0.2, -0.15) is 0 Å². The third kappa shape index (κ3) is 2.21. The molecule has 0 unspecified atom stereocenters. The highest BCUT2D eigenvalue weighted by Gasteiger charge is 2.44. The van der Waals surface area contributed by atoms with Gasteiger partial charge in [0.05, 0.1) is 12.7 Å². The fourth-order valence-electron chi connectivity index (χ4n) is 3.56. The van der Waals surface area contributed by atoms with E-state index in [1.807, 2.05) is 6.07 Å². The minimum absolute atomic E-state index is 0.0895. The normalized spacial score (nSPS) is 24.4. The van der Waals surface area contributed by atoms with E-state index in [2.05, 4.69) is 11.9 Å². The second-order valence-electron chi connectivity index (χ2n) is 5.58. The third-order valence-electron chi connectivity index (χ3n) is 4.49. The molecule has 1 heterocycles. The zero-order valence-electron chi connectivity index (χ0n) is 11.1. The summed E-state index contributed by atoms with van der Waals surface area (Å²) >= 11 is 0. The number of halogens is 1. The predicted molar refractivity (Wildman–Crippen MR) is 73.7 cm³/mol. The van der Waals surface area contributed by atoms with Crippen LogP contribution in [0.5, 0.6) is 0 Å². The first-order valence-electron chi connectivity index (χ1n) is 6.98. The van der Waals surface area contributed by atoms with Crippen molar-refractivity contribution < 1.29 is 9.13 Å². The Labute approximate surface area is 113 Å². The predicted octanol–water partition coefficient (Wildman–Crippen LogP) is 3.09. The Morgan fingerprint density at radius 1 is 1.42 bits per heavy atom. The van der Waals surface area contributed by atoms with Crippen molar-refractivity contribution in [1.29, 1.82) is 0 Å². The van der Waals surface area contributed by atoms with Gasteiger partial charge in [-0.25, -0.2) is 4.39 Å². The fraction of sp³-hybridized carbons (Fsp3) is 0.500. The van der Waals surface area contributed by atoms with Crippen LogP contribution in [-0.4, -0.2) is 19.7 Å². The first-order chi connectivity index (χ1) is 9.25. The lowest BCUT2D eigenvalue weighted by atomic mass is 9.74. The molecule has 0 saturated carbocycles. The Kier molecular flexibility index (Phi) is 3.42. The summed E-state index contributed by atoms with van der Waals surface area (Å²) in [4.78, 5) is 0. The van der Waals surface area contributed by atoms with Crippen molar-refractivity contribution in [3.63, 3.8) is 0 Å². The van der Waals surface area contributed by atoms with Gasteiger partial charge in [-0.3, -0.25) is 0 Å². The van der Waals surface area contributed by atoms with E-state index in [4.69, 9.17) is 4.74 Å². The van der Waals surface area contributed by atoms with Crippen molar-refractivity contribution in [3.8, 4) is 0 Å². The van der Waals surface area contributed by atoms with Gasteiger partial charge in [0.2, 0.25) is 0 Å². The van der Waals surface area contributed by atoms with E-state index in [1.165, 1.54) is 11.1 Å². The molecule has 2 nitrogen and oxygen atoms in total. The largest absolute Gasteiger partial charge is 0.369 e. The molecule has 1 spiro atoms. The summed E-state index contributed by atoms with van der Waals surface area (Å²) in [5.41, 5.74) is 2.45. The molecular weight excluding hydrogens is 241 g/mol. The molecule has 2 aliphatic rings. The minimum atomic E-state index is -0.138. The van der Waals surface area contributed by atoms with Crippen molar-refractivity contribution >= 4 is 0 Å². The van der Waals surface area contributed by atoms with Crippen LogP contribution in [0.3, 0.4) is 0 Å². The van der Waals surface area contributed by atoms with E-state index in [1.54, 1.807) is 18.2 Å². The number of fused-ring (bicyclic) bond motifs is 2. The smallest absolute Gasteiger partial charge is 0.123 e. The Balaban J connectivity index is 1.97. The summed E-state index contributed by atoms with van der Waals surface area (Å²) in [6.07, 6.45) is 4.97. The molecule has 102 valence electrons. The van der Waals surface area contributed by atoms with E-state index < -0.39 is 0 Å². The van der Waals surface area contributed by atoms with Crippen LogP contribution in [0, 0.1) is 5.82 Å². The summed E-state index contributed by atoms with van der Waals surface area (Å²) in [6.45, 7) is 6.26. The van der Waals surface area contributed by atoms with Gasteiger partial charge in [0.15, 0.2) is 0 Å². The van der Waals surface area contributed by atoms with Gasteiger partial charge in [-0.05, 0) is 55.6 Å². The van der Waals surface area contributed by atoms with E-state index in [-0.39, 0.29) is 17.3 Å². The molecule has 0 radical (unpaired) electrons. The number of piperidine rings is 1. The van der Waals surface area contributed by atoms with E-state index in [0.717, 1.165) is 32.4 Å². The highest BCUT2D eigenvalue weighted by atomic mass is 19.1. The maximum absolute atomic E-state index is 13.6. The standard InChI is InChI=1S/C16H20FNO/c1-2-9-19-15-11-16(5-7-18-8-6-16)14-10-12(17)3-4-13(14)15/h2-4,10,15,18H,1,5-9,11H2/t15-/m1/s1. The zero-order valence-corrected chi connectivity index (χ0v) is 11.1. The first-order valence-corrected chi connectivity index (χ1v) is 6.98. The second kappa shape index (κ2) is 5.06. The van der Waals surface area contributed by atoms with Crippen LogP contribution >= 0.6 is 0 Å². The summed E-state index contributed by atoms with van der Waals surface area (Å²) in [7, 11) is 0. The van der Waals surface area contributed by atoms with Crippen LogP contribution in [0.15, 0.2) is 30.9 Å². The van der Waals surface area contributed by atoms with Gasteiger partial charge in [0.25, 0.3) is 0 Å². The van der Waals surface area contributed by atoms with Crippen LogP contribution < -0.4 is 5.32 Å². The molecule has 1 aromatic rings. The molecule has 1 atom stereocenters. The summed E-state index contributed by atoms with van der Waals surface area (Å²) in [5, 5.41) is 3.39. The monoisotopic (exact) mass is 261 g/mol. The van der Waals surface area contributed by atoms with Crippen LogP contribution in [0.25, 0.3) is 0 Å². The van der Waals surface area contributed by atoms with E-state index in [0.29, 0.717) is 6.61 Å². The second-order valence-corrected chi connectivity index (χ2v) is 5.58. The van der Waals surface area contributed by atoms with Crippen molar-refractivity contribution in [2.24, 2.45) is 0 Å². The molecule has 3 heteroatoms. The Morgan fingerprint density at radius 2 is 2.21 bits per heavy atom. The number of rotatable bonds is 3. The van der Waals surface area contributed by atoms with Crippen molar-refractivity contribution in [2.45, 2.75) is 30.8 Å². The topological polar surface area (TPSA) is 21.3 Å². The molecule has 1 N–H and O–H groups in total. The summed E-state index contributed by atoms with van der Waals surface area (Å²) in [5.74, 6) is -0.138. The lowest BCUT2D eigenvalue weighted by molar-refractivity contribution is 0.0577. The van der Waals surface area contributed by atoms with Gasteiger partial charge in [-0.1, -0.05) is 12.1 Å². The first kappa shape index (κ1) is 12.8. The Bertz CT molecular complexity index is 480. The van der Waals surface area contributed by atoms with E-state index >= 15 is 0 Å². The van der Waals surface area contributed by atoms with Crippen LogP contribution in [0.4, 0.5) is 4.39 Å². The van der Waals surface area contributed by atoms with Gasteiger partial charge in [-0.15, -0.1) is 6.58 Å². The Hall–Kier alpha value is -1.19. The summed E-state index contributed by atoms with van der Waals surface area (Å²) < 4.78 is 19.5. The molecule has 19 heavy (non-hydrogen) atoms. The number of benzene rings is 1. The minimum Gasteiger partial charge on any atom is -0.369 e. The lowest BCUT2D eigenvalue weighted by Crippen LogP contribution is -2.38. The molecule has 0 bridgehead atoms. The van der Waals surface area contributed by atoms with Crippen LogP contribution in [-0.2, 0) is 10.2 Å². The summed E-state index contributed by atoms with van der Waals surface area (Å²) in [6, 6.07) is 5.16. The van der Waals surface area contributed by atoms with Gasteiger partial charge in [0.1, 0.15) is 5.82 Å². The number of ether oxygens (including phenoxy) is 1. The quantitative estimate of drug-likeness (QED) is 0.844. The van der Waals surface area contributed by atoms with Gasteiger partial charge < -0.3 is 10.1 Å². The highest BCUT2D eigenvalue weighted by molar-refractivity contribution is 5.42. The maximum Gasteiger partial charge on any atom is 0.123 e. The number of hydrogen-bond acceptors (Lipinski definition) is 2. The third-order valence-corrected chi connectivity index (χ3v) is 4.49. The molecule has 1 aromatic carbocycles. The maximum atomic E-state index is 13.6. The van der Waals surface area contributed by atoms with Crippen molar-refractivity contribution in [1.82, 2.24) is 5.32 Å². The highest BCUT2D eigenvalue weighted by Crippen LogP contribution is 2.51. The van der Waals surface area contributed by atoms with Crippen molar-refractivity contribution in [2.75, 3.05) is 19.7 Å². The molecule has 1 aliphatic heterocycles. The molecule has 3 rings (SSSR count). The molecule has 1 saturated heterocycles. The van der Waals surface area contributed by atoms with Gasteiger partial charge >= 0.3 is 0 Å². The van der Waals surface area contributed by atoms with Crippen LogP contribution in [0.2, 0.25) is 0 Å². The SMILES string of the molecule is C=CCO[C@@H]1CC2(CCNCC2)c2cc(F)ccc21. The average molecular weight is 261 g/mol.